The minimum Gasteiger partial charge on any atom is -0.338 e. The lowest BCUT2D eigenvalue weighted by Crippen LogP contribution is -2.53. The van der Waals surface area contributed by atoms with Gasteiger partial charge < -0.3 is 10.2 Å². The molecule has 0 aromatic heterocycles. The zero-order chi connectivity index (χ0) is 22.2. The van der Waals surface area contributed by atoms with Gasteiger partial charge >= 0.3 is 6.03 Å². The largest absolute Gasteiger partial charge is 0.338 e. The predicted octanol–water partition coefficient (Wildman–Crippen LogP) is 0.852. The van der Waals surface area contributed by atoms with E-state index in [1.54, 1.807) is 13.0 Å². The number of hydrogen-bond donors (Lipinski definition) is 1. The van der Waals surface area contributed by atoms with Crippen molar-refractivity contribution in [2.75, 3.05) is 32.7 Å². The molecule has 31 heavy (non-hydrogen) atoms. The van der Waals surface area contributed by atoms with Crippen molar-refractivity contribution < 1.29 is 22.8 Å². The Labute approximate surface area is 181 Å². The zero-order valence-corrected chi connectivity index (χ0v) is 18.2. The maximum atomic E-state index is 12.7. The molecule has 0 radical (unpaired) electrons. The number of rotatable bonds is 6. The van der Waals surface area contributed by atoms with Crippen LogP contribution in [-0.2, 0) is 19.6 Å². The number of urea groups is 1. The van der Waals surface area contributed by atoms with Gasteiger partial charge in [-0.25, -0.2) is 13.2 Å². The number of imide groups is 1. The van der Waals surface area contributed by atoms with Crippen molar-refractivity contribution in [3.8, 4) is 0 Å². The summed E-state index contributed by atoms with van der Waals surface area (Å²) >= 11 is 0. The van der Waals surface area contributed by atoms with Gasteiger partial charge in [0.15, 0.2) is 0 Å². The Morgan fingerprint density at radius 1 is 1.13 bits per heavy atom. The second-order valence-corrected chi connectivity index (χ2v) is 10.2. The summed E-state index contributed by atoms with van der Waals surface area (Å²) in [6, 6.07) is 8.59. The molecule has 166 valence electrons. The van der Waals surface area contributed by atoms with Crippen LogP contribution in [0.1, 0.15) is 25.3 Å². The average Bonchev–Trinajstić information content (AvgIpc) is 3.59. The molecule has 3 fully saturated rings. The van der Waals surface area contributed by atoms with Crippen LogP contribution in [0, 0.1) is 5.92 Å². The van der Waals surface area contributed by atoms with E-state index in [1.165, 1.54) is 14.6 Å². The summed E-state index contributed by atoms with van der Waals surface area (Å²) < 4.78 is 26.5. The first-order valence-electron chi connectivity index (χ1n) is 10.4. The van der Waals surface area contributed by atoms with Crippen LogP contribution in [0.5, 0.6) is 0 Å². The summed E-state index contributed by atoms with van der Waals surface area (Å²) in [5.41, 5.74) is -0.137. The highest BCUT2D eigenvalue weighted by Gasteiger charge is 2.56. The summed E-state index contributed by atoms with van der Waals surface area (Å²) in [5, 5.41) is 3.90. The molecule has 2 heterocycles. The van der Waals surface area contributed by atoms with Gasteiger partial charge in [0.05, 0.1) is 0 Å². The molecule has 1 N–H and O–H groups in total. The molecule has 10 heteroatoms. The number of nitrogens with zero attached hydrogens (tertiary/aromatic N) is 3. The van der Waals surface area contributed by atoms with Crippen molar-refractivity contribution in [3.63, 3.8) is 0 Å². The van der Waals surface area contributed by atoms with Crippen LogP contribution in [0.2, 0.25) is 0 Å². The molecule has 4 rings (SSSR count). The lowest BCUT2D eigenvalue weighted by atomic mass is 9.96. The summed E-state index contributed by atoms with van der Waals surface area (Å²) in [4.78, 5) is 40.1. The summed E-state index contributed by atoms with van der Waals surface area (Å²) in [6.07, 6.45) is 3.32. The second-order valence-electron chi connectivity index (χ2n) is 8.34. The number of hydrogen-bond acceptors (Lipinski definition) is 5. The molecule has 3 aliphatic rings. The normalized spacial score (nSPS) is 25.3. The summed E-state index contributed by atoms with van der Waals surface area (Å²) in [6.45, 7) is 2.12. The average molecular weight is 447 g/mol. The number of carbonyl (C=O) groups excluding carboxylic acids is 3. The van der Waals surface area contributed by atoms with Crippen molar-refractivity contribution in [2.45, 2.75) is 25.3 Å². The lowest BCUT2D eigenvalue weighted by Gasteiger charge is -2.34. The minimum absolute atomic E-state index is 0.127. The van der Waals surface area contributed by atoms with E-state index in [9.17, 15) is 22.8 Å². The van der Waals surface area contributed by atoms with E-state index in [-0.39, 0.29) is 50.5 Å². The smallest absolute Gasteiger partial charge is 0.325 e. The van der Waals surface area contributed by atoms with Crippen LogP contribution < -0.4 is 5.32 Å². The third kappa shape index (κ3) is 4.35. The van der Waals surface area contributed by atoms with E-state index in [1.807, 2.05) is 30.3 Å². The number of benzene rings is 1. The third-order valence-electron chi connectivity index (χ3n) is 6.17. The Bertz CT molecular complexity index is 1010. The molecule has 1 aromatic carbocycles. The van der Waals surface area contributed by atoms with Gasteiger partial charge in [0, 0.05) is 31.6 Å². The summed E-state index contributed by atoms with van der Waals surface area (Å²) in [5.74, 6) is -0.595. The first kappa shape index (κ1) is 21.5. The molecule has 4 amide bonds. The SMILES string of the molecule is CC1(C2CC2)NC(=O)N(CC(=O)N2CCN(S(=O)(=O)C=Cc3ccccc3)CC2)C1=O. The first-order valence-corrected chi connectivity index (χ1v) is 11.9. The Morgan fingerprint density at radius 3 is 2.39 bits per heavy atom. The number of carbonyl (C=O) groups is 3. The lowest BCUT2D eigenvalue weighted by molar-refractivity contribution is -0.139. The molecular formula is C21H26N4O5S. The van der Waals surface area contributed by atoms with E-state index < -0.39 is 21.6 Å². The monoisotopic (exact) mass is 446 g/mol. The predicted molar refractivity (Wildman–Crippen MR) is 114 cm³/mol. The van der Waals surface area contributed by atoms with Gasteiger partial charge in [0.2, 0.25) is 15.9 Å². The summed E-state index contributed by atoms with van der Waals surface area (Å²) in [7, 11) is -3.60. The molecule has 1 atom stereocenters. The van der Waals surface area contributed by atoms with Crippen LogP contribution in [0.3, 0.4) is 0 Å². The number of sulfonamides is 1. The van der Waals surface area contributed by atoms with Crippen molar-refractivity contribution in [1.82, 2.24) is 19.4 Å². The highest BCUT2D eigenvalue weighted by atomic mass is 32.2. The second kappa shape index (κ2) is 8.08. The van der Waals surface area contributed by atoms with Crippen LogP contribution in [-0.4, -0.2) is 78.6 Å². The van der Waals surface area contributed by atoms with Crippen LogP contribution in [0.4, 0.5) is 4.79 Å². The van der Waals surface area contributed by atoms with E-state index in [4.69, 9.17) is 0 Å². The van der Waals surface area contributed by atoms with Crippen molar-refractivity contribution in [2.24, 2.45) is 5.92 Å². The molecule has 0 spiro atoms. The van der Waals surface area contributed by atoms with Gasteiger partial charge in [-0.15, -0.1) is 0 Å². The van der Waals surface area contributed by atoms with Crippen molar-refractivity contribution >= 4 is 33.9 Å². The van der Waals surface area contributed by atoms with E-state index in [0.717, 1.165) is 23.3 Å². The van der Waals surface area contributed by atoms with Crippen molar-refractivity contribution in [1.29, 1.82) is 0 Å². The molecule has 1 aromatic rings. The molecular weight excluding hydrogens is 420 g/mol. The molecule has 1 saturated carbocycles. The number of amides is 4. The van der Waals surface area contributed by atoms with Gasteiger partial charge in [-0.1, -0.05) is 30.3 Å². The van der Waals surface area contributed by atoms with Crippen LogP contribution in [0.25, 0.3) is 6.08 Å². The van der Waals surface area contributed by atoms with Gasteiger partial charge in [-0.2, -0.15) is 4.31 Å². The van der Waals surface area contributed by atoms with Crippen molar-refractivity contribution in [3.05, 3.63) is 41.3 Å². The van der Waals surface area contributed by atoms with Gasteiger partial charge in [-0.3, -0.25) is 14.5 Å². The zero-order valence-electron chi connectivity index (χ0n) is 17.4. The van der Waals surface area contributed by atoms with Crippen LogP contribution >= 0.6 is 0 Å². The standard InChI is InChI=1S/C21H26N4O5S/c1-21(17-7-8-17)19(27)25(20(28)22-21)15-18(26)23-10-12-24(13-11-23)31(29,30)14-9-16-5-3-2-4-6-16/h2-6,9,14,17H,7-8,10-13,15H2,1H3,(H,22,28). The minimum atomic E-state index is -3.60. The third-order valence-corrected chi connectivity index (χ3v) is 7.74. The van der Waals surface area contributed by atoms with Gasteiger partial charge in [0.1, 0.15) is 12.1 Å². The van der Waals surface area contributed by atoms with E-state index in [0.29, 0.717) is 0 Å². The Hall–Kier alpha value is -2.72. The fourth-order valence-corrected chi connectivity index (χ4v) is 5.21. The topological polar surface area (TPSA) is 107 Å². The molecule has 2 aliphatic heterocycles. The quantitative estimate of drug-likeness (QED) is 0.652. The Morgan fingerprint density at radius 2 is 1.77 bits per heavy atom. The van der Waals surface area contributed by atoms with Gasteiger partial charge in [-0.05, 0) is 37.3 Å². The molecule has 9 nitrogen and oxygen atoms in total. The first-order chi connectivity index (χ1) is 14.7. The maximum Gasteiger partial charge on any atom is 0.325 e. The Kier molecular flexibility index (Phi) is 5.61. The van der Waals surface area contributed by atoms with Crippen LogP contribution in [0.15, 0.2) is 35.7 Å². The molecule has 2 saturated heterocycles. The fraction of sp³-hybridized carbons (Fsp3) is 0.476. The maximum absolute atomic E-state index is 12.7. The van der Waals surface area contributed by atoms with Gasteiger partial charge in [0.25, 0.3) is 5.91 Å². The molecule has 1 aliphatic carbocycles. The highest BCUT2D eigenvalue weighted by molar-refractivity contribution is 7.92. The van der Waals surface area contributed by atoms with E-state index in [2.05, 4.69) is 5.32 Å². The molecule has 0 bridgehead atoms. The fourth-order valence-electron chi connectivity index (χ4n) is 4.04. The highest BCUT2D eigenvalue weighted by Crippen LogP contribution is 2.42. The molecule has 1 unspecified atom stereocenters. The number of piperazine rings is 1. The number of nitrogens with one attached hydrogen (secondary N) is 1. The van der Waals surface area contributed by atoms with E-state index >= 15 is 0 Å². The Balaban J connectivity index is 1.32.